The summed E-state index contributed by atoms with van der Waals surface area (Å²) in [6.07, 6.45) is 2.50. The van der Waals surface area contributed by atoms with Crippen molar-refractivity contribution in [3.8, 4) is 0 Å². The van der Waals surface area contributed by atoms with Crippen molar-refractivity contribution >= 4 is 5.82 Å². The van der Waals surface area contributed by atoms with E-state index < -0.39 is 0 Å². The van der Waals surface area contributed by atoms with Crippen LogP contribution in [-0.4, -0.2) is 15.5 Å². The van der Waals surface area contributed by atoms with Crippen molar-refractivity contribution in [2.24, 2.45) is 0 Å². The van der Waals surface area contributed by atoms with Gasteiger partial charge in [-0.05, 0) is 40.5 Å². The summed E-state index contributed by atoms with van der Waals surface area (Å²) in [5, 5.41) is 3.39. The molecule has 1 saturated carbocycles. The van der Waals surface area contributed by atoms with Crippen LogP contribution in [0, 0.1) is 6.92 Å². The van der Waals surface area contributed by atoms with Gasteiger partial charge in [-0.25, -0.2) is 9.97 Å². The van der Waals surface area contributed by atoms with Gasteiger partial charge in [0.15, 0.2) is 0 Å². The van der Waals surface area contributed by atoms with Gasteiger partial charge in [0.05, 0.1) is 0 Å². The molecule has 1 aromatic heterocycles. The molecule has 82 valence electrons. The minimum atomic E-state index is 0.0572. The van der Waals surface area contributed by atoms with Crippen LogP contribution >= 0.6 is 0 Å². The highest BCUT2D eigenvalue weighted by atomic mass is 15.1. The van der Waals surface area contributed by atoms with E-state index in [1.54, 1.807) is 0 Å². The van der Waals surface area contributed by atoms with E-state index in [4.69, 9.17) is 0 Å². The summed E-state index contributed by atoms with van der Waals surface area (Å²) in [5.74, 6) is 2.59. The largest absolute Gasteiger partial charge is 0.365 e. The first-order chi connectivity index (χ1) is 6.94. The fraction of sp³-hybridized carbons (Fsp3) is 0.667. The lowest BCUT2D eigenvalue weighted by atomic mass is 10.1. The van der Waals surface area contributed by atoms with E-state index in [-0.39, 0.29) is 5.54 Å². The second-order valence-corrected chi connectivity index (χ2v) is 5.40. The Kier molecular flexibility index (Phi) is 2.41. The van der Waals surface area contributed by atoms with Crippen LogP contribution in [0.25, 0.3) is 0 Å². The van der Waals surface area contributed by atoms with Gasteiger partial charge in [0.1, 0.15) is 11.6 Å². The SMILES string of the molecule is Cc1cc(NC(C)(C)C)nc(C2CC2)n1. The van der Waals surface area contributed by atoms with E-state index in [2.05, 4.69) is 36.1 Å². The molecule has 0 saturated heterocycles. The van der Waals surface area contributed by atoms with Crippen LogP contribution < -0.4 is 5.32 Å². The van der Waals surface area contributed by atoms with Crippen molar-refractivity contribution < 1.29 is 0 Å². The molecule has 15 heavy (non-hydrogen) atoms. The molecule has 0 spiro atoms. The lowest BCUT2D eigenvalue weighted by molar-refractivity contribution is 0.628. The quantitative estimate of drug-likeness (QED) is 0.806. The number of hydrogen-bond donors (Lipinski definition) is 1. The first-order valence-electron chi connectivity index (χ1n) is 5.58. The summed E-state index contributed by atoms with van der Waals surface area (Å²) < 4.78 is 0. The van der Waals surface area contributed by atoms with Gasteiger partial charge in [0.25, 0.3) is 0 Å². The first-order valence-corrected chi connectivity index (χ1v) is 5.58. The molecule has 0 radical (unpaired) electrons. The van der Waals surface area contributed by atoms with Crippen molar-refractivity contribution in [1.82, 2.24) is 9.97 Å². The lowest BCUT2D eigenvalue weighted by Gasteiger charge is -2.21. The molecule has 0 atom stereocenters. The maximum atomic E-state index is 4.56. The third-order valence-electron chi connectivity index (χ3n) is 2.32. The van der Waals surface area contributed by atoms with Crippen molar-refractivity contribution in [3.05, 3.63) is 17.6 Å². The van der Waals surface area contributed by atoms with Crippen LogP contribution in [0.4, 0.5) is 5.82 Å². The minimum absolute atomic E-state index is 0.0572. The molecule has 2 rings (SSSR count). The highest BCUT2D eigenvalue weighted by molar-refractivity contribution is 5.39. The third kappa shape index (κ3) is 2.91. The average molecular weight is 205 g/mol. The molecule has 0 unspecified atom stereocenters. The predicted octanol–water partition coefficient (Wildman–Crippen LogP) is 2.87. The van der Waals surface area contributed by atoms with Crippen molar-refractivity contribution in [2.75, 3.05) is 5.32 Å². The minimum Gasteiger partial charge on any atom is -0.365 e. The van der Waals surface area contributed by atoms with Crippen molar-refractivity contribution in [1.29, 1.82) is 0 Å². The Labute approximate surface area is 91.3 Å². The summed E-state index contributed by atoms with van der Waals surface area (Å²) in [6, 6.07) is 2.01. The molecule has 1 fully saturated rings. The van der Waals surface area contributed by atoms with E-state index in [1.807, 2.05) is 13.0 Å². The Morgan fingerprint density at radius 1 is 1.27 bits per heavy atom. The zero-order valence-electron chi connectivity index (χ0n) is 9.96. The van der Waals surface area contributed by atoms with Gasteiger partial charge in [-0.2, -0.15) is 0 Å². The highest BCUT2D eigenvalue weighted by Crippen LogP contribution is 2.38. The van der Waals surface area contributed by atoms with Crippen LogP contribution in [-0.2, 0) is 0 Å². The van der Waals surface area contributed by atoms with E-state index in [0.29, 0.717) is 5.92 Å². The zero-order chi connectivity index (χ0) is 11.1. The number of rotatable bonds is 2. The van der Waals surface area contributed by atoms with E-state index in [1.165, 1.54) is 12.8 Å². The van der Waals surface area contributed by atoms with Crippen molar-refractivity contribution in [2.45, 2.75) is 52.0 Å². The number of hydrogen-bond acceptors (Lipinski definition) is 3. The molecule has 3 heteroatoms. The Balaban J connectivity index is 2.23. The molecule has 0 aliphatic heterocycles. The fourth-order valence-corrected chi connectivity index (χ4v) is 1.56. The molecule has 1 aromatic rings. The van der Waals surface area contributed by atoms with Crippen LogP contribution in [0.15, 0.2) is 6.07 Å². The molecule has 1 heterocycles. The summed E-state index contributed by atoms with van der Waals surface area (Å²) in [5.41, 5.74) is 1.11. The smallest absolute Gasteiger partial charge is 0.134 e. The molecule has 1 aliphatic carbocycles. The van der Waals surface area contributed by atoms with Gasteiger partial charge in [-0.1, -0.05) is 0 Å². The second-order valence-electron chi connectivity index (χ2n) is 5.40. The fourth-order valence-electron chi connectivity index (χ4n) is 1.56. The van der Waals surface area contributed by atoms with Crippen LogP contribution in [0.3, 0.4) is 0 Å². The van der Waals surface area contributed by atoms with Gasteiger partial charge in [0.2, 0.25) is 0 Å². The van der Waals surface area contributed by atoms with Crippen LogP contribution in [0.2, 0.25) is 0 Å². The first kappa shape index (κ1) is 10.4. The van der Waals surface area contributed by atoms with E-state index in [0.717, 1.165) is 17.3 Å². The molecular formula is C12H19N3. The summed E-state index contributed by atoms with van der Waals surface area (Å²) in [4.78, 5) is 9.03. The second kappa shape index (κ2) is 3.47. The number of aromatic nitrogens is 2. The van der Waals surface area contributed by atoms with Gasteiger partial charge < -0.3 is 5.32 Å². The molecule has 1 N–H and O–H groups in total. The normalized spacial score (nSPS) is 16.5. The Morgan fingerprint density at radius 2 is 1.93 bits per heavy atom. The highest BCUT2D eigenvalue weighted by Gasteiger charge is 2.27. The maximum Gasteiger partial charge on any atom is 0.134 e. The molecule has 1 aliphatic rings. The topological polar surface area (TPSA) is 37.8 Å². The van der Waals surface area contributed by atoms with E-state index in [9.17, 15) is 0 Å². The molecule has 0 aromatic carbocycles. The van der Waals surface area contributed by atoms with Gasteiger partial charge in [-0.3, -0.25) is 0 Å². The summed E-state index contributed by atoms with van der Waals surface area (Å²) in [7, 11) is 0. The standard InChI is InChI=1S/C12H19N3/c1-8-7-10(15-12(2,3)4)14-11(13-8)9-5-6-9/h7,9H,5-6H2,1-4H3,(H,13,14,15). The molecule has 3 nitrogen and oxygen atoms in total. The Hall–Kier alpha value is -1.12. The van der Waals surface area contributed by atoms with Gasteiger partial charge in [-0.15, -0.1) is 0 Å². The molecule has 0 bridgehead atoms. The number of nitrogens with one attached hydrogen (secondary N) is 1. The van der Waals surface area contributed by atoms with Gasteiger partial charge >= 0.3 is 0 Å². The third-order valence-corrected chi connectivity index (χ3v) is 2.32. The summed E-state index contributed by atoms with van der Waals surface area (Å²) >= 11 is 0. The average Bonchev–Trinajstić information content (AvgIpc) is 2.80. The zero-order valence-corrected chi connectivity index (χ0v) is 9.96. The monoisotopic (exact) mass is 205 g/mol. The van der Waals surface area contributed by atoms with Gasteiger partial charge in [0, 0.05) is 23.2 Å². The maximum absolute atomic E-state index is 4.56. The molecule has 0 amide bonds. The summed E-state index contributed by atoms with van der Waals surface area (Å²) in [6.45, 7) is 8.45. The van der Waals surface area contributed by atoms with Crippen LogP contribution in [0.5, 0.6) is 0 Å². The molecular weight excluding hydrogens is 186 g/mol. The predicted molar refractivity (Wildman–Crippen MR) is 62.1 cm³/mol. The van der Waals surface area contributed by atoms with Crippen molar-refractivity contribution in [3.63, 3.8) is 0 Å². The van der Waals surface area contributed by atoms with E-state index >= 15 is 0 Å². The lowest BCUT2D eigenvalue weighted by Crippen LogP contribution is -2.27. The Morgan fingerprint density at radius 3 is 2.47 bits per heavy atom. The van der Waals surface area contributed by atoms with Crippen LogP contribution in [0.1, 0.15) is 51.0 Å². The number of anilines is 1. The number of aryl methyl sites for hydroxylation is 1. The Bertz CT molecular complexity index is 362. The number of nitrogens with zero attached hydrogens (tertiary/aromatic N) is 2.